The number of H-pyrrole nitrogens is 1. The van der Waals surface area contributed by atoms with Crippen LogP contribution >= 0.6 is 0 Å². The van der Waals surface area contributed by atoms with Gasteiger partial charge in [0.1, 0.15) is 5.71 Å². The fourth-order valence-corrected chi connectivity index (χ4v) is 3.19. The van der Waals surface area contributed by atoms with Gasteiger partial charge in [-0.2, -0.15) is 5.10 Å². The molecule has 7 heteroatoms. The van der Waals surface area contributed by atoms with Gasteiger partial charge in [-0.3, -0.25) is 4.79 Å². The van der Waals surface area contributed by atoms with Crippen molar-refractivity contribution in [2.75, 3.05) is 14.2 Å². The van der Waals surface area contributed by atoms with E-state index in [0.29, 0.717) is 23.7 Å². The van der Waals surface area contributed by atoms with Gasteiger partial charge in [-0.1, -0.05) is 18.2 Å². The molecule has 1 aliphatic heterocycles. The van der Waals surface area contributed by atoms with Crippen LogP contribution in [-0.4, -0.2) is 41.3 Å². The topological polar surface area (TPSA) is 79.8 Å². The van der Waals surface area contributed by atoms with Crippen molar-refractivity contribution < 1.29 is 14.3 Å². The van der Waals surface area contributed by atoms with E-state index in [1.807, 2.05) is 42.5 Å². The average molecular weight is 350 g/mol. The van der Waals surface area contributed by atoms with Crippen LogP contribution in [0.4, 0.5) is 0 Å². The summed E-state index contributed by atoms with van der Waals surface area (Å²) in [5.74, 6) is 1.94. The van der Waals surface area contributed by atoms with Gasteiger partial charge in [0.2, 0.25) is 6.41 Å². The van der Waals surface area contributed by atoms with Crippen molar-refractivity contribution in [1.29, 1.82) is 0 Å². The Morgan fingerprint density at radius 1 is 1.15 bits per heavy atom. The first kappa shape index (κ1) is 16.1. The minimum Gasteiger partial charge on any atom is -0.493 e. The summed E-state index contributed by atoms with van der Waals surface area (Å²) >= 11 is 0. The second kappa shape index (κ2) is 6.51. The van der Waals surface area contributed by atoms with E-state index in [1.165, 1.54) is 5.01 Å². The van der Waals surface area contributed by atoms with Crippen LogP contribution in [0.25, 0.3) is 11.0 Å². The molecule has 4 rings (SSSR count). The van der Waals surface area contributed by atoms with Crippen molar-refractivity contribution in [2.24, 2.45) is 5.10 Å². The van der Waals surface area contributed by atoms with Crippen LogP contribution in [0.15, 0.2) is 47.6 Å². The number of benzene rings is 2. The van der Waals surface area contributed by atoms with Crippen LogP contribution in [0.5, 0.6) is 11.5 Å². The summed E-state index contributed by atoms with van der Waals surface area (Å²) in [6.45, 7) is 0. The largest absolute Gasteiger partial charge is 0.493 e. The Morgan fingerprint density at radius 3 is 2.69 bits per heavy atom. The molecule has 1 unspecified atom stereocenters. The van der Waals surface area contributed by atoms with Gasteiger partial charge in [0.25, 0.3) is 0 Å². The van der Waals surface area contributed by atoms with Gasteiger partial charge >= 0.3 is 0 Å². The van der Waals surface area contributed by atoms with Crippen LogP contribution in [0.3, 0.4) is 0 Å². The minimum absolute atomic E-state index is 0.212. The Bertz CT molecular complexity index is 962. The molecular weight excluding hydrogens is 332 g/mol. The Hall–Kier alpha value is -3.35. The lowest BCUT2D eigenvalue weighted by Crippen LogP contribution is -2.17. The van der Waals surface area contributed by atoms with E-state index < -0.39 is 0 Å². The number of imidazole rings is 1. The summed E-state index contributed by atoms with van der Waals surface area (Å²) < 4.78 is 10.6. The van der Waals surface area contributed by atoms with Gasteiger partial charge in [0, 0.05) is 6.42 Å². The predicted molar refractivity (Wildman–Crippen MR) is 97.4 cm³/mol. The monoisotopic (exact) mass is 350 g/mol. The second-order valence-electron chi connectivity index (χ2n) is 5.97. The molecule has 0 saturated carbocycles. The van der Waals surface area contributed by atoms with Crippen molar-refractivity contribution in [1.82, 2.24) is 15.0 Å². The molecule has 2 heterocycles. The van der Waals surface area contributed by atoms with Crippen molar-refractivity contribution in [3.8, 4) is 11.5 Å². The average Bonchev–Trinajstić information content (AvgIpc) is 3.31. The van der Waals surface area contributed by atoms with Crippen LogP contribution < -0.4 is 9.47 Å². The number of amides is 1. The van der Waals surface area contributed by atoms with E-state index in [2.05, 4.69) is 15.1 Å². The van der Waals surface area contributed by atoms with Crippen LogP contribution in [-0.2, 0) is 4.79 Å². The number of carbonyl (C=O) groups is 1. The molecular formula is C19H18N4O3. The normalized spacial score (nSPS) is 16.6. The fourth-order valence-electron chi connectivity index (χ4n) is 3.19. The fraction of sp³-hybridized carbons (Fsp3) is 0.211. The third kappa shape index (κ3) is 2.67. The number of nitrogens with zero attached hydrogens (tertiary/aromatic N) is 3. The lowest BCUT2D eigenvalue weighted by atomic mass is 10.0. The van der Waals surface area contributed by atoms with Crippen molar-refractivity contribution >= 4 is 23.2 Å². The van der Waals surface area contributed by atoms with E-state index in [9.17, 15) is 4.79 Å². The van der Waals surface area contributed by atoms with Gasteiger partial charge in [-0.25, -0.2) is 9.99 Å². The number of hydrogen-bond donors (Lipinski definition) is 1. The lowest BCUT2D eigenvalue weighted by molar-refractivity contribution is -0.119. The van der Waals surface area contributed by atoms with E-state index in [0.717, 1.165) is 28.7 Å². The summed E-state index contributed by atoms with van der Waals surface area (Å²) in [6, 6.07) is 13.2. The first-order valence-electron chi connectivity index (χ1n) is 8.21. The van der Waals surface area contributed by atoms with Crippen molar-refractivity contribution in [3.63, 3.8) is 0 Å². The highest BCUT2D eigenvalue weighted by molar-refractivity contribution is 6.01. The smallest absolute Gasteiger partial charge is 0.230 e. The molecule has 0 radical (unpaired) electrons. The lowest BCUT2D eigenvalue weighted by Gasteiger charge is -2.18. The molecule has 0 spiro atoms. The van der Waals surface area contributed by atoms with E-state index in [4.69, 9.17) is 9.47 Å². The molecule has 1 atom stereocenters. The van der Waals surface area contributed by atoms with E-state index >= 15 is 0 Å². The molecule has 1 aliphatic rings. The van der Waals surface area contributed by atoms with Crippen LogP contribution in [0.2, 0.25) is 0 Å². The first-order valence-corrected chi connectivity index (χ1v) is 8.21. The molecule has 7 nitrogen and oxygen atoms in total. The summed E-state index contributed by atoms with van der Waals surface area (Å²) in [5, 5.41) is 5.86. The Balaban J connectivity index is 1.67. The number of nitrogens with one attached hydrogen (secondary N) is 1. The van der Waals surface area contributed by atoms with E-state index in [1.54, 1.807) is 14.2 Å². The second-order valence-corrected chi connectivity index (χ2v) is 5.97. The van der Waals surface area contributed by atoms with Gasteiger partial charge in [-0.05, 0) is 29.8 Å². The third-order valence-corrected chi connectivity index (χ3v) is 4.51. The summed E-state index contributed by atoms with van der Waals surface area (Å²) in [4.78, 5) is 19.4. The van der Waals surface area contributed by atoms with Crippen LogP contribution in [0, 0.1) is 0 Å². The summed E-state index contributed by atoms with van der Waals surface area (Å²) in [6.07, 6.45) is 1.30. The number of hydrazone groups is 1. The molecule has 0 saturated heterocycles. The minimum atomic E-state index is -0.212. The molecule has 2 aromatic carbocycles. The number of methoxy groups -OCH3 is 2. The zero-order chi connectivity index (χ0) is 18.1. The molecule has 1 aromatic heterocycles. The SMILES string of the molecule is COc1ccc(C2CC(c3nc4ccccc4[nH]3)=NN2C=O)cc1OC. The number of para-hydroxylation sites is 2. The van der Waals surface area contributed by atoms with Gasteiger partial charge in [0.15, 0.2) is 17.3 Å². The van der Waals surface area contributed by atoms with Crippen LogP contribution in [0.1, 0.15) is 23.9 Å². The number of aromatic amines is 1. The Kier molecular flexibility index (Phi) is 4.04. The molecule has 1 N–H and O–H groups in total. The summed E-state index contributed by atoms with van der Waals surface area (Å²) in [7, 11) is 3.18. The Morgan fingerprint density at radius 2 is 1.96 bits per heavy atom. The Labute approximate surface area is 150 Å². The number of ether oxygens (including phenoxy) is 2. The quantitative estimate of drug-likeness (QED) is 0.718. The number of fused-ring (bicyclic) bond motifs is 1. The highest BCUT2D eigenvalue weighted by Crippen LogP contribution is 2.36. The maximum atomic E-state index is 11.5. The zero-order valence-electron chi connectivity index (χ0n) is 14.5. The third-order valence-electron chi connectivity index (χ3n) is 4.51. The molecule has 3 aromatic rings. The van der Waals surface area contributed by atoms with E-state index in [-0.39, 0.29) is 6.04 Å². The zero-order valence-corrected chi connectivity index (χ0v) is 14.5. The predicted octanol–water partition coefficient (Wildman–Crippen LogP) is 2.89. The standard InChI is InChI=1S/C19H18N4O3/c1-25-17-8-7-12(9-18(17)26-2)16-10-15(22-23(16)11-24)19-20-13-5-3-4-6-14(13)21-19/h3-9,11,16H,10H2,1-2H3,(H,20,21). The number of rotatable bonds is 5. The number of carbonyl (C=O) groups excluding carboxylic acids is 1. The van der Waals surface area contributed by atoms with Crippen molar-refractivity contribution in [3.05, 3.63) is 53.9 Å². The molecule has 26 heavy (non-hydrogen) atoms. The van der Waals surface area contributed by atoms with Gasteiger partial charge in [-0.15, -0.1) is 0 Å². The number of aromatic nitrogens is 2. The molecule has 132 valence electrons. The van der Waals surface area contributed by atoms with Crippen molar-refractivity contribution in [2.45, 2.75) is 12.5 Å². The highest BCUT2D eigenvalue weighted by Gasteiger charge is 2.30. The van der Waals surface area contributed by atoms with Gasteiger partial charge < -0.3 is 14.5 Å². The maximum absolute atomic E-state index is 11.5. The molecule has 0 fully saturated rings. The first-order chi connectivity index (χ1) is 12.7. The van der Waals surface area contributed by atoms with Gasteiger partial charge in [0.05, 0.1) is 31.3 Å². The molecule has 0 aliphatic carbocycles. The maximum Gasteiger partial charge on any atom is 0.230 e. The highest BCUT2D eigenvalue weighted by atomic mass is 16.5. The summed E-state index contributed by atoms with van der Waals surface area (Å²) in [5.41, 5.74) is 3.48. The molecule has 1 amide bonds. The molecule has 0 bridgehead atoms. The number of hydrogen-bond acceptors (Lipinski definition) is 5.